The van der Waals surface area contributed by atoms with Gasteiger partial charge in [-0.3, -0.25) is 0 Å². The van der Waals surface area contributed by atoms with E-state index in [4.69, 9.17) is 16.0 Å². The molecule has 2 aromatic rings. The predicted octanol–water partition coefficient (Wildman–Crippen LogP) is 3.29. The fourth-order valence-electron chi connectivity index (χ4n) is 1.61. The summed E-state index contributed by atoms with van der Waals surface area (Å²) < 4.78 is 19.1. The minimum absolute atomic E-state index is 0.338. The lowest BCUT2D eigenvalue weighted by molar-refractivity contribution is 0.494. The number of nitrogens with one attached hydrogen (secondary N) is 1. The number of hydrogen-bond acceptors (Lipinski definition) is 3. The lowest BCUT2D eigenvalue weighted by Crippen LogP contribution is -2.16. The number of hydrogen-bond donors (Lipinski definition) is 1. The average molecular weight is 269 g/mol. The summed E-state index contributed by atoms with van der Waals surface area (Å²) in [6, 6.07) is 4.35. The van der Waals surface area contributed by atoms with Crippen molar-refractivity contribution in [2.75, 3.05) is 13.1 Å². The highest BCUT2D eigenvalue weighted by molar-refractivity contribution is 6.30. The molecule has 0 fully saturated rings. The Morgan fingerprint density at radius 3 is 3.06 bits per heavy atom. The fourth-order valence-corrected chi connectivity index (χ4v) is 1.78. The van der Waals surface area contributed by atoms with Crippen LogP contribution in [0.4, 0.5) is 4.39 Å². The zero-order valence-corrected chi connectivity index (χ0v) is 10.8. The first kappa shape index (κ1) is 13.1. The molecule has 0 atom stereocenters. The van der Waals surface area contributed by atoms with Crippen molar-refractivity contribution in [3.8, 4) is 11.3 Å². The van der Waals surface area contributed by atoms with Gasteiger partial charge in [-0.15, -0.1) is 0 Å². The molecule has 1 N–H and O–H groups in total. The number of oxazole rings is 1. The monoisotopic (exact) mass is 268 g/mol. The summed E-state index contributed by atoms with van der Waals surface area (Å²) in [5.41, 5.74) is 0.338. The van der Waals surface area contributed by atoms with E-state index in [-0.39, 0.29) is 5.82 Å². The number of aromatic nitrogens is 1. The molecule has 0 saturated carbocycles. The maximum atomic E-state index is 13.6. The van der Waals surface area contributed by atoms with Crippen LogP contribution in [-0.2, 0) is 6.42 Å². The zero-order valence-electron chi connectivity index (χ0n) is 10.0. The third-order valence-electron chi connectivity index (χ3n) is 2.51. The number of nitrogens with zero attached hydrogens (tertiary/aromatic N) is 1. The van der Waals surface area contributed by atoms with Crippen molar-refractivity contribution >= 4 is 11.6 Å². The second kappa shape index (κ2) is 5.98. The first-order valence-corrected chi connectivity index (χ1v) is 6.19. The summed E-state index contributed by atoms with van der Waals surface area (Å²) in [4.78, 5) is 4.12. The fraction of sp³-hybridized carbons (Fsp3) is 0.308. The molecule has 0 aliphatic carbocycles. The lowest BCUT2D eigenvalue weighted by Gasteiger charge is -2.00. The lowest BCUT2D eigenvalue weighted by atomic mass is 10.2. The molecule has 1 heterocycles. The number of rotatable bonds is 5. The van der Waals surface area contributed by atoms with Gasteiger partial charge in [0.2, 0.25) is 0 Å². The molecule has 0 spiro atoms. The van der Waals surface area contributed by atoms with Crippen molar-refractivity contribution in [3.05, 3.63) is 41.1 Å². The second-order valence-corrected chi connectivity index (χ2v) is 4.28. The number of benzene rings is 1. The normalized spacial score (nSPS) is 10.8. The highest BCUT2D eigenvalue weighted by Gasteiger charge is 2.11. The first-order chi connectivity index (χ1) is 8.70. The Morgan fingerprint density at radius 2 is 2.28 bits per heavy atom. The highest BCUT2D eigenvalue weighted by atomic mass is 35.5. The predicted molar refractivity (Wildman–Crippen MR) is 69.2 cm³/mol. The molecule has 18 heavy (non-hydrogen) atoms. The Bertz CT molecular complexity index is 527. The van der Waals surface area contributed by atoms with Crippen molar-refractivity contribution in [3.63, 3.8) is 0 Å². The standard InChI is InChI=1S/C13H14ClFN2O/c1-2-16-6-5-13-17-8-12(18-13)10-7-9(14)3-4-11(10)15/h3-4,7-8,16H,2,5-6H2,1H3. The van der Waals surface area contributed by atoms with Gasteiger partial charge in [0.25, 0.3) is 0 Å². The Balaban J connectivity index is 2.16. The highest BCUT2D eigenvalue weighted by Crippen LogP contribution is 2.26. The summed E-state index contributed by atoms with van der Waals surface area (Å²) in [5.74, 6) is 0.626. The summed E-state index contributed by atoms with van der Waals surface area (Å²) in [6.45, 7) is 3.72. The van der Waals surface area contributed by atoms with Crippen LogP contribution in [0.5, 0.6) is 0 Å². The van der Waals surface area contributed by atoms with E-state index in [0.29, 0.717) is 28.7 Å². The molecule has 0 radical (unpaired) electrons. The quantitative estimate of drug-likeness (QED) is 0.846. The molecule has 0 aliphatic heterocycles. The minimum atomic E-state index is -0.367. The summed E-state index contributed by atoms with van der Waals surface area (Å²) in [5, 5.41) is 3.64. The van der Waals surface area contributed by atoms with E-state index in [2.05, 4.69) is 10.3 Å². The van der Waals surface area contributed by atoms with Crippen molar-refractivity contribution in [1.82, 2.24) is 10.3 Å². The van der Waals surface area contributed by atoms with Crippen LogP contribution in [0.15, 0.2) is 28.8 Å². The van der Waals surface area contributed by atoms with E-state index < -0.39 is 0 Å². The van der Waals surface area contributed by atoms with Gasteiger partial charge in [-0.25, -0.2) is 9.37 Å². The van der Waals surface area contributed by atoms with Gasteiger partial charge in [0.05, 0.1) is 11.8 Å². The molecule has 96 valence electrons. The molecular formula is C13H14ClFN2O. The van der Waals surface area contributed by atoms with E-state index in [9.17, 15) is 4.39 Å². The van der Waals surface area contributed by atoms with E-state index in [1.54, 1.807) is 0 Å². The van der Waals surface area contributed by atoms with Crippen LogP contribution >= 0.6 is 11.6 Å². The van der Waals surface area contributed by atoms with Gasteiger partial charge in [-0.2, -0.15) is 0 Å². The van der Waals surface area contributed by atoms with Gasteiger partial charge in [-0.1, -0.05) is 18.5 Å². The molecule has 1 aromatic heterocycles. The van der Waals surface area contributed by atoms with Crippen LogP contribution in [0.25, 0.3) is 11.3 Å². The van der Waals surface area contributed by atoms with E-state index in [1.165, 1.54) is 24.4 Å². The Morgan fingerprint density at radius 1 is 1.44 bits per heavy atom. The molecule has 0 aliphatic rings. The zero-order chi connectivity index (χ0) is 13.0. The van der Waals surface area contributed by atoms with Crippen molar-refractivity contribution in [2.24, 2.45) is 0 Å². The molecule has 2 rings (SSSR count). The second-order valence-electron chi connectivity index (χ2n) is 3.85. The van der Waals surface area contributed by atoms with Crippen LogP contribution in [-0.4, -0.2) is 18.1 Å². The third kappa shape index (κ3) is 3.09. The van der Waals surface area contributed by atoms with Gasteiger partial charge >= 0.3 is 0 Å². The van der Waals surface area contributed by atoms with Crippen LogP contribution in [0.1, 0.15) is 12.8 Å². The molecule has 5 heteroatoms. The number of halogens is 2. The summed E-state index contributed by atoms with van der Waals surface area (Å²) in [6.07, 6.45) is 2.20. The topological polar surface area (TPSA) is 38.1 Å². The Kier molecular flexibility index (Phi) is 4.33. The minimum Gasteiger partial charge on any atom is -0.441 e. The smallest absolute Gasteiger partial charge is 0.196 e. The van der Waals surface area contributed by atoms with Crippen LogP contribution < -0.4 is 5.32 Å². The summed E-state index contributed by atoms with van der Waals surface area (Å²) >= 11 is 5.84. The number of likely N-dealkylation sites (N-methyl/N-ethyl adjacent to an activating group) is 1. The van der Waals surface area contributed by atoms with Crippen molar-refractivity contribution in [1.29, 1.82) is 0 Å². The van der Waals surface area contributed by atoms with Gasteiger partial charge < -0.3 is 9.73 Å². The molecule has 0 saturated heterocycles. The molecular weight excluding hydrogens is 255 g/mol. The maximum absolute atomic E-state index is 13.6. The largest absolute Gasteiger partial charge is 0.441 e. The van der Waals surface area contributed by atoms with Crippen LogP contribution in [0.3, 0.4) is 0 Å². The molecule has 0 unspecified atom stereocenters. The molecule has 1 aromatic carbocycles. The van der Waals surface area contributed by atoms with Gasteiger partial charge in [0, 0.05) is 18.0 Å². The third-order valence-corrected chi connectivity index (χ3v) is 2.75. The Hall–Kier alpha value is -1.39. The average Bonchev–Trinajstić information content (AvgIpc) is 2.81. The summed E-state index contributed by atoms with van der Waals surface area (Å²) in [7, 11) is 0. The van der Waals surface area contributed by atoms with E-state index in [1.807, 2.05) is 6.92 Å². The molecule has 0 amide bonds. The molecule has 3 nitrogen and oxygen atoms in total. The van der Waals surface area contributed by atoms with E-state index >= 15 is 0 Å². The first-order valence-electron chi connectivity index (χ1n) is 5.81. The Labute approximate surface area is 110 Å². The van der Waals surface area contributed by atoms with Gasteiger partial charge in [0.15, 0.2) is 11.7 Å². The van der Waals surface area contributed by atoms with Crippen LogP contribution in [0, 0.1) is 5.82 Å². The van der Waals surface area contributed by atoms with Gasteiger partial charge in [-0.05, 0) is 24.7 Å². The van der Waals surface area contributed by atoms with Gasteiger partial charge in [0.1, 0.15) is 5.82 Å². The van der Waals surface area contributed by atoms with Crippen molar-refractivity contribution in [2.45, 2.75) is 13.3 Å². The molecule has 0 bridgehead atoms. The van der Waals surface area contributed by atoms with Crippen molar-refractivity contribution < 1.29 is 8.81 Å². The van der Waals surface area contributed by atoms with Crippen LogP contribution in [0.2, 0.25) is 5.02 Å². The maximum Gasteiger partial charge on any atom is 0.196 e. The van der Waals surface area contributed by atoms with E-state index in [0.717, 1.165) is 13.1 Å². The SMILES string of the molecule is CCNCCc1ncc(-c2cc(Cl)ccc2F)o1.